The maximum Gasteiger partial charge on any atom is 0.228 e. The highest BCUT2D eigenvalue weighted by Gasteiger charge is 2.43. The van der Waals surface area contributed by atoms with Crippen molar-refractivity contribution in [1.82, 2.24) is 24.5 Å². The van der Waals surface area contributed by atoms with Crippen molar-refractivity contribution in [3.63, 3.8) is 0 Å². The van der Waals surface area contributed by atoms with Gasteiger partial charge in [0.1, 0.15) is 0 Å². The maximum atomic E-state index is 13.6. The molecule has 0 N–H and O–H groups in total. The van der Waals surface area contributed by atoms with Gasteiger partial charge in [-0.3, -0.25) is 9.69 Å². The maximum absolute atomic E-state index is 13.6. The molecule has 4 rings (SSSR count). The Balaban J connectivity index is 1.23. The van der Waals surface area contributed by atoms with Crippen LogP contribution in [0, 0.1) is 34.0 Å². The van der Waals surface area contributed by atoms with Crippen LogP contribution < -0.4 is 0 Å². The monoisotopic (exact) mass is 599 g/mol. The van der Waals surface area contributed by atoms with E-state index in [9.17, 15) is 10.1 Å². The summed E-state index contributed by atoms with van der Waals surface area (Å²) in [4.78, 5) is 26.0. The first-order chi connectivity index (χ1) is 20.2. The zero-order valence-corrected chi connectivity index (χ0v) is 29.3. The van der Waals surface area contributed by atoms with Gasteiger partial charge in [0.05, 0.1) is 11.5 Å². The average Bonchev–Trinajstić information content (AvgIpc) is 2.97. The van der Waals surface area contributed by atoms with Crippen molar-refractivity contribution in [2.75, 3.05) is 73.5 Å². The molecule has 2 atom stereocenters. The molecule has 1 amide bonds. The summed E-state index contributed by atoms with van der Waals surface area (Å²) in [6.07, 6.45) is 12.3. The molecule has 2 unspecified atom stereocenters. The van der Waals surface area contributed by atoms with E-state index in [0.717, 1.165) is 70.5 Å². The summed E-state index contributed by atoms with van der Waals surface area (Å²) in [6.45, 7) is 20.1. The molecule has 1 saturated carbocycles. The smallest absolute Gasteiger partial charge is 0.228 e. The minimum Gasteiger partial charge on any atom is -0.342 e. The second kappa shape index (κ2) is 14.5. The first kappa shape index (κ1) is 34.7. The summed E-state index contributed by atoms with van der Waals surface area (Å²) in [7, 11) is 6.57. The van der Waals surface area contributed by atoms with Gasteiger partial charge >= 0.3 is 0 Å². The second-order valence-corrected chi connectivity index (χ2v) is 17.0. The van der Waals surface area contributed by atoms with E-state index in [0.29, 0.717) is 29.4 Å². The highest BCUT2D eigenvalue weighted by atomic mass is 16.2. The number of carbonyl (C=O) groups excluding carboxylic acids is 1. The van der Waals surface area contributed by atoms with Gasteiger partial charge in [-0.15, -0.1) is 0 Å². The van der Waals surface area contributed by atoms with Crippen LogP contribution in [0.4, 0.5) is 0 Å². The lowest BCUT2D eigenvalue weighted by Crippen LogP contribution is -2.50. The molecule has 4 aliphatic rings. The molecule has 7 nitrogen and oxygen atoms in total. The first-order valence-corrected chi connectivity index (χ1v) is 17.8. The molecular formula is C36H66N6O. The molecule has 0 aromatic rings. The average molecular weight is 599 g/mol. The first-order valence-electron chi connectivity index (χ1n) is 17.8. The predicted octanol–water partition coefficient (Wildman–Crippen LogP) is 5.56. The topological polar surface area (TPSA) is 57.1 Å². The minimum atomic E-state index is -0.365. The summed E-state index contributed by atoms with van der Waals surface area (Å²) in [5.74, 6) is 1.61. The van der Waals surface area contributed by atoms with E-state index in [2.05, 4.69) is 86.3 Å². The fourth-order valence-corrected chi connectivity index (χ4v) is 9.06. The Labute approximate surface area is 265 Å². The van der Waals surface area contributed by atoms with E-state index < -0.39 is 0 Å². The number of nitrogens with zero attached hydrogens (tertiary/aromatic N) is 6. The molecule has 0 radical (unpaired) electrons. The van der Waals surface area contributed by atoms with Crippen LogP contribution >= 0.6 is 0 Å². The zero-order chi connectivity index (χ0) is 31.4. The third kappa shape index (κ3) is 9.18. The van der Waals surface area contributed by atoms with Crippen molar-refractivity contribution in [3.05, 3.63) is 0 Å². The molecule has 3 saturated heterocycles. The molecular weight excluding hydrogens is 532 g/mol. The van der Waals surface area contributed by atoms with Crippen molar-refractivity contribution in [3.8, 4) is 6.07 Å². The van der Waals surface area contributed by atoms with Gasteiger partial charge in [0.15, 0.2) is 0 Å². The number of amides is 1. The Hall–Kier alpha value is -1.20. The summed E-state index contributed by atoms with van der Waals surface area (Å²) in [5, 5.41) is 10.5. The SMILES string of the molecule is CN(C)C1CCN(C(=O)C(C)(C)CC2CCCC(C#N)(CN(C)C3CCN(CC4CCN(C(C)(C)C)CC4)CC3)C2)CC1. The van der Waals surface area contributed by atoms with Crippen molar-refractivity contribution in [2.45, 2.75) is 123 Å². The van der Waals surface area contributed by atoms with Crippen molar-refractivity contribution in [2.24, 2.45) is 22.7 Å². The largest absolute Gasteiger partial charge is 0.342 e. The number of likely N-dealkylation sites (tertiary alicyclic amines) is 3. The number of hydrogen-bond acceptors (Lipinski definition) is 6. The standard InChI is InChI=1S/C36H66N6O/c1-34(2,3)42-22-11-29(12-23-42)26-40-18-13-32(14-19-40)39(8)28-36(27-37)17-9-10-30(25-36)24-35(4,5)33(43)41-20-15-31(16-21-41)38(6)7/h29-32H,9-26,28H2,1-8H3. The van der Waals surface area contributed by atoms with Crippen molar-refractivity contribution in [1.29, 1.82) is 5.26 Å². The van der Waals surface area contributed by atoms with Crippen molar-refractivity contribution < 1.29 is 4.79 Å². The fourth-order valence-electron chi connectivity index (χ4n) is 9.06. The van der Waals surface area contributed by atoms with Gasteiger partial charge in [-0.1, -0.05) is 26.7 Å². The Kier molecular flexibility index (Phi) is 11.7. The van der Waals surface area contributed by atoms with Gasteiger partial charge in [0.25, 0.3) is 0 Å². The van der Waals surface area contributed by atoms with Crippen molar-refractivity contribution >= 4 is 5.91 Å². The Bertz CT molecular complexity index is 928. The summed E-state index contributed by atoms with van der Waals surface area (Å²) in [6, 6.07) is 3.99. The molecule has 7 heteroatoms. The van der Waals surface area contributed by atoms with E-state index in [1.165, 1.54) is 58.4 Å². The highest BCUT2D eigenvalue weighted by Crippen LogP contribution is 2.45. The number of nitriles is 1. The Morgan fingerprint density at radius 3 is 2.00 bits per heavy atom. The number of rotatable bonds is 9. The lowest BCUT2D eigenvalue weighted by atomic mass is 9.66. The summed E-state index contributed by atoms with van der Waals surface area (Å²) < 4.78 is 0. The van der Waals surface area contributed by atoms with Gasteiger partial charge in [0.2, 0.25) is 5.91 Å². The molecule has 4 fully saturated rings. The highest BCUT2D eigenvalue weighted by molar-refractivity contribution is 5.82. The van der Waals surface area contributed by atoms with Gasteiger partial charge in [-0.05, 0) is 138 Å². The van der Waals surface area contributed by atoms with Gasteiger partial charge in [-0.2, -0.15) is 5.26 Å². The summed E-state index contributed by atoms with van der Waals surface area (Å²) >= 11 is 0. The quantitative estimate of drug-likeness (QED) is 0.346. The molecule has 0 bridgehead atoms. The number of piperidine rings is 3. The van der Waals surface area contributed by atoms with Crippen LogP contribution in [0.3, 0.4) is 0 Å². The van der Waals surface area contributed by atoms with Crippen LogP contribution in [0.2, 0.25) is 0 Å². The van der Waals surface area contributed by atoms with E-state index in [1.807, 2.05) is 0 Å². The molecule has 246 valence electrons. The van der Waals surface area contributed by atoms with Gasteiger partial charge in [-0.25, -0.2) is 0 Å². The van der Waals surface area contributed by atoms with Crippen LogP contribution in [0.25, 0.3) is 0 Å². The zero-order valence-electron chi connectivity index (χ0n) is 29.3. The van der Waals surface area contributed by atoms with E-state index in [4.69, 9.17) is 0 Å². The van der Waals surface area contributed by atoms with E-state index >= 15 is 0 Å². The molecule has 43 heavy (non-hydrogen) atoms. The number of hydrogen-bond donors (Lipinski definition) is 0. The second-order valence-electron chi connectivity index (χ2n) is 17.0. The molecule has 3 heterocycles. The predicted molar refractivity (Wildman–Crippen MR) is 178 cm³/mol. The molecule has 0 spiro atoms. The van der Waals surface area contributed by atoms with Crippen LogP contribution in [-0.4, -0.2) is 122 Å². The molecule has 1 aliphatic carbocycles. The minimum absolute atomic E-state index is 0.279. The van der Waals surface area contributed by atoms with Gasteiger partial charge in [0, 0.05) is 49.2 Å². The van der Waals surface area contributed by atoms with E-state index in [1.54, 1.807) is 0 Å². The third-order valence-corrected chi connectivity index (χ3v) is 11.9. The lowest BCUT2D eigenvalue weighted by molar-refractivity contribution is -0.143. The van der Waals surface area contributed by atoms with Crippen LogP contribution in [-0.2, 0) is 4.79 Å². The number of carbonyl (C=O) groups is 1. The molecule has 0 aromatic heterocycles. The Morgan fingerprint density at radius 1 is 0.837 bits per heavy atom. The van der Waals surface area contributed by atoms with E-state index in [-0.39, 0.29) is 10.8 Å². The van der Waals surface area contributed by atoms with Crippen LogP contribution in [0.1, 0.15) is 105 Å². The Morgan fingerprint density at radius 2 is 1.44 bits per heavy atom. The molecule has 3 aliphatic heterocycles. The summed E-state index contributed by atoms with van der Waals surface area (Å²) in [5.41, 5.74) is -0.348. The third-order valence-electron chi connectivity index (χ3n) is 11.9. The normalized spacial score (nSPS) is 28.5. The lowest BCUT2D eigenvalue weighted by Gasteiger charge is -2.45. The van der Waals surface area contributed by atoms with Crippen LogP contribution in [0.15, 0.2) is 0 Å². The molecule has 0 aromatic carbocycles. The fraction of sp³-hybridized carbons (Fsp3) is 0.944. The van der Waals surface area contributed by atoms with Gasteiger partial charge < -0.3 is 19.6 Å². The van der Waals surface area contributed by atoms with Crippen LogP contribution in [0.5, 0.6) is 0 Å².